The monoisotopic (exact) mass is 257 g/mol. The van der Waals surface area contributed by atoms with Crippen LogP contribution in [0.5, 0.6) is 0 Å². The molecule has 102 valence electrons. The zero-order chi connectivity index (χ0) is 13.8. The van der Waals surface area contributed by atoms with Crippen LogP contribution in [0.3, 0.4) is 0 Å². The molecule has 0 radical (unpaired) electrons. The summed E-state index contributed by atoms with van der Waals surface area (Å²) in [7, 11) is 0. The minimum absolute atomic E-state index is 0.672. The zero-order valence-electron chi connectivity index (χ0n) is 12.8. The summed E-state index contributed by atoms with van der Waals surface area (Å²) in [6.07, 6.45) is 1.20. The maximum atomic E-state index is 3.76. The van der Waals surface area contributed by atoms with Gasteiger partial charge in [-0.2, -0.15) is 0 Å². The van der Waals surface area contributed by atoms with Gasteiger partial charge in [-0.15, -0.1) is 11.8 Å². The van der Waals surface area contributed by atoms with Crippen LogP contribution in [-0.2, 0) is 0 Å². The fraction of sp³-hybridized carbons (Fsp3) is 0.733. The van der Waals surface area contributed by atoms with Crippen molar-refractivity contribution >= 4 is 11.8 Å². The number of rotatable bonds is 3. The van der Waals surface area contributed by atoms with Gasteiger partial charge in [-0.05, 0) is 43.1 Å². The van der Waals surface area contributed by atoms with Crippen molar-refractivity contribution in [2.45, 2.75) is 60.9 Å². The minimum Gasteiger partial charge on any atom is -0.297 e. The molecule has 1 aliphatic heterocycles. The second-order valence-electron chi connectivity index (χ2n) is 3.80. The lowest BCUT2D eigenvalue weighted by Crippen LogP contribution is -2.36. The fourth-order valence-corrected chi connectivity index (χ4v) is 2.31. The van der Waals surface area contributed by atoms with Gasteiger partial charge >= 0.3 is 0 Å². The molecule has 1 nitrogen and oxygen atoms in total. The van der Waals surface area contributed by atoms with E-state index in [-0.39, 0.29) is 0 Å². The molecule has 17 heavy (non-hydrogen) atoms. The van der Waals surface area contributed by atoms with E-state index in [1.54, 1.807) is 11.8 Å². The normalized spacial score (nSPS) is 15.8. The van der Waals surface area contributed by atoms with Crippen LogP contribution in [0.15, 0.2) is 22.5 Å². The van der Waals surface area contributed by atoms with Crippen molar-refractivity contribution in [2.24, 2.45) is 0 Å². The highest BCUT2D eigenvalue weighted by atomic mass is 32.2. The van der Waals surface area contributed by atoms with Crippen LogP contribution in [0, 0.1) is 0 Å². The molecule has 0 saturated carbocycles. The van der Waals surface area contributed by atoms with Crippen LogP contribution in [0.2, 0.25) is 0 Å². The Kier molecular flexibility index (Phi) is 13.8. The van der Waals surface area contributed by atoms with Gasteiger partial charge in [0, 0.05) is 19.1 Å². The Labute approximate surface area is 113 Å². The lowest BCUT2D eigenvalue weighted by Gasteiger charge is -2.32. The Balaban J connectivity index is 0. The molecule has 0 amide bonds. The van der Waals surface area contributed by atoms with E-state index < -0.39 is 0 Å². The largest absolute Gasteiger partial charge is 0.297 e. The summed E-state index contributed by atoms with van der Waals surface area (Å²) in [6, 6.07) is 0.672. The van der Waals surface area contributed by atoms with Crippen LogP contribution < -0.4 is 0 Å². The average Bonchev–Trinajstić information content (AvgIpc) is 2.37. The van der Waals surface area contributed by atoms with Crippen molar-refractivity contribution in [1.29, 1.82) is 0 Å². The smallest absolute Gasteiger partial charge is 0.0203 e. The summed E-state index contributed by atoms with van der Waals surface area (Å²) in [5.41, 5.74) is 1.52. The molecular formula is C15H31NS. The Hall–Kier alpha value is -0.210. The maximum absolute atomic E-state index is 3.76. The summed E-state index contributed by atoms with van der Waals surface area (Å²) in [5.74, 6) is 0. The van der Waals surface area contributed by atoms with E-state index in [1.807, 2.05) is 33.1 Å². The molecule has 0 aromatic heterocycles. The van der Waals surface area contributed by atoms with Crippen molar-refractivity contribution in [3.63, 3.8) is 0 Å². The molecule has 0 spiro atoms. The second-order valence-corrected chi connectivity index (χ2v) is 4.86. The third kappa shape index (κ3) is 7.67. The van der Waals surface area contributed by atoms with Crippen LogP contribution in [0.4, 0.5) is 0 Å². The van der Waals surface area contributed by atoms with Crippen molar-refractivity contribution in [1.82, 2.24) is 4.90 Å². The SMILES string of the molecule is C=CSC1=C(C)CN(C(C)C)CC1.CC.CC. The Morgan fingerprint density at radius 3 is 2.12 bits per heavy atom. The van der Waals surface area contributed by atoms with Gasteiger partial charge in [-0.25, -0.2) is 0 Å². The van der Waals surface area contributed by atoms with Gasteiger partial charge in [0.25, 0.3) is 0 Å². The summed E-state index contributed by atoms with van der Waals surface area (Å²) in [4.78, 5) is 4.04. The van der Waals surface area contributed by atoms with E-state index in [1.165, 1.54) is 23.4 Å². The molecular weight excluding hydrogens is 226 g/mol. The van der Waals surface area contributed by atoms with Gasteiger partial charge in [0.2, 0.25) is 0 Å². The lowest BCUT2D eigenvalue weighted by atomic mass is 10.1. The quantitative estimate of drug-likeness (QED) is 0.674. The molecule has 0 saturated heterocycles. The molecule has 1 rings (SSSR count). The maximum Gasteiger partial charge on any atom is 0.0203 e. The van der Waals surface area contributed by atoms with Gasteiger partial charge in [-0.3, -0.25) is 4.90 Å². The molecule has 1 heterocycles. The second kappa shape index (κ2) is 12.3. The standard InChI is InChI=1S/C11H19NS.2C2H6/c1-5-13-11-6-7-12(9(2)3)8-10(11)4;2*1-2/h5,9H,1,6-8H2,2-4H3;2*1-2H3. The highest BCUT2D eigenvalue weighted by Crippen LogP contribution is 2.28. The summed E-state index contributed by atoms with van der Waals surface area (Å²) in [5, 5.41) is 1.93. The van der Waals surface area contributed by atoms with Gasteiger partial charge in [-0.1, -0.05) is 34.3 Å². The first-order valence-corrected chi connectivity index (χ1v) is 7.73. The van der Waals surface area contributed by atoms with Crippen molar-refractivity contribution in [2.75, 3.05) is 13.1 Å². The van der Waals surface area contributed by atoms with E-state index >= 15 is 0 Å². The predicted molar refractivity (Wildman–Crippen MR) is 84.5 cm³/mol. The van der Waals surface area contributed by atoms with E-state index in [4.69, 9.17) is 0 Å². The van der Waals surface area contributed by atoms with Crippen molar-refractivity contribution in [3.05, 3.63) is 22.5 Å². The summed E-state index contributed by atoms with van der Waals surface area (Å²) < 4.78 is 0. The Morgan fingerprint density at radius 2 is 1.76 bits per heavy atom. The molecule has 1 aliphatic rings. The molecule has 0 bridgehead atoms. The minimum atomic E-state index is 0.672. The summed E-state index contributed by atoms with van der Waals surface area (Å²) in [6.45, 7) is 20.9. The van der Waals surface area contributed by atoms with Gasteiger partial charge < -0.3 is 0 Å². The fourth-order valence-electron chi connectivity index (χ4n) is 1.63. The third-order valence-corrected chi connectivity index (χ3v) is 3.50. The van der Waals surface area contributed by atoms with Gasteiger partial charge in [0.15, 0.2) is 0 Å². The van der Waals surface area contributed by atoms with E-state index in [0.717, 1.165) is 6.54 Å². The number of hydrogen-bond donors (Lipinski definition) is 0. The summed E-state index contributed by atoms with van der Waals surface area (Å²) >= 11 is 1.79. The van der Waals surface area contributed by atoms with Crippen LogP contribution >= 0.6 is 11.8 Å². The van der Waals surface area contributed by atoms with Crippen LogP contribution in [0.25, 0.3) is 0 Å². The van der Waals surface area contributed by atoms with E-state index in [2.05, 4.69) is 32.3 Å². The van der Waals surface area contributed by atoms with Crippen molar-refractivity contribution < 1.29 is 0 Å². The molecule has 0 aromatic carbocycles. The third-order valence-electron chi connectivity index (χ3n) is 2.50. The molecule has 2 heteroatoms. The van der Waals surface area contributed by atoms with E-state index in [9.17, 15) is 0 Å². The molecule has 0 unspecified atom stereocenters. The average molecular weight is 257 g/mol. The van der Waals surface area contributed by atoms with Crippen LogP contribution in [-0.4, -0.2) is 24.0 Å². The molecule has 0 aliphatic carbocycles. The number of hydrogen-bond acceptors (Lipinski definition) is 2. The first-order chi connectivity index (χ1) is 8.15. The van der Waals surface area contributed by atoms with Crippen molar-refractivity contribution in [3.8, 4) is 0 Å². The lowest BCUT2D eigenvalue weighted by molar-refractivity contribution is 0.235. The number of thioether (sulfide) groups is 1. The van der Waals surface area contributed by atoms with Gasteiger partial charge in [0.1, 0.15) is 0 Å². The predicted octanol–water partition coefficient (Wildman–Crippen LogP) is 5.30. The first kappa shape index (κ1) is 19.1. The topological polar surface area (TPSA) is 3.24 Å². The van der Waals surface area contributed by atoms with Crippen LogP contribution in [0.1, 0.15) is 54.9 Å². The molecule has 0 atom stereocenters. The van der Waals surface area contributed by atoms with Gasteiger partial charge in [0.05, 0.1) is 0 Å². The van der Waals surface area contributed by atoms with E-state index in [0.29, 0.717) is 6.04 Å². The number of nitrogens with zero attached hydrogens (tertiary/aromatic N) is 1. The Morgan fingerprint density at radius 1 is 1.24 bits per heavy atom. The highest BCUT2D eigenvalue weighted by Gasteiger charge is 2.17. The highest BCUT2D eigenvalue weighted by molar-refractivity contribution is 8.05. The molecule has 0 fully saturated rings. The molecule has 0 N–H and O–H groups in total. The Bertz CT molecular complexity index is 219. The molecule has 0 aromatic rings. The zero-order valence-corrected chi connectivity index (χ0v) is 13.7. The first-order valence-electron chi connectivity index (χ1n) is 6.85.